The van der Waals surface area contributed by atoms with Gasteiger partial charge in [-0.3, -0.25) is 0 Å². The topological polar surface area (TPSA) is 204 Å². The maximum atomic E-state index is 11.8. The molecule has 2 rings (SSSR count). The van der Waals surface area contributed by atoms with Gasteiger partial charge in [-0.25, -0.2) is 4.79 Å². The number of ether oxygens (including phenoxy) is 1. The Labute approximate surface area is 148 Å². The van der Waals surface area contributed by atoms with Gasteiger partial charge < -0.3 is 46.3 Å². The molecule has 0 aromatic heterocycles. The van der Waals surface area contributed by atoms with Gasteiger partial charge in [0.2, 0.25) is 0 Å². The Kier molecular flexibility index (Phi) is 6.70. The highest BCUT2D eigenvalue weighted by atomic mass is 16.6. The summed E-state index contributed by atoms with van der Waals surface area (Å²) in [4.78, 5) is 22.8. The van der Waals surface area contributed by atoms with Gasteiger partial charge in [0, 0.05) is 18.9 Å². The van der Waals surface area contributed by atoms with E-state index in [1.165, 1.54) is 24.3 Å². The molecule has 0 amide bonds. The number of phenols is 2. The summed E-state index contributed by atoms with van der Waals surface area (Å²) in [6, 6.07) is 3.81. The van der Waals surface area contributed by atoms with E-state index in [0.29, 0.717) is 5.56 Å². The molecule has 1 aromatic carbocycles. The number of carboxylic acid groups (broad SMARTS) is 1. The maximum Gasteiger partial charge on any atom is 0.331 e. The first-order valence-electron chi connectivity index (χ1n) is 7.33. The van der Waals surface area contributed by atoms with Crippen molar-refractivity contribution in [2.24, 2.45) is 0 Å². The molecule has 1 aliphatic rings. The monoisotopic (exact) mass is 371 g/mol. The molecule has 0 radical (unpaired) electrons. The molecular weight excluding hydrogens is 350 g/mol. The number of aliphatic hydroxyl groups excluding tert-OH is 2. The Balaban J connectivity index is 0.00000338. The normalized spacial score (nSPS) is 28.3. The zero-order valence-electron chi connectivity index (χ0n) is 13.9. The van der Waals surface area contributed by atoms with Crippen molar-refractivity contribution in [3.05, 3.63) is 29.8 Å². The predicted octanol–water partition coefficient (Wildman–Crippen LogP) is -1.60. The third-order valence-corrected chi connectivity index (χ3v) is 3.92. The van der Waals surface area contributed by atoms with Crippen molar-refractivity contribution in [3.8, 4) is 11.5 Å². The second kappa shape index (κ2) is 8.15. The van der Waals surface area contributed by atoms with Gasteiger partial charge in [-0.1, -0.05) is 6.07 Å². The van der Waals surface area contributed by atoms with Gasteiger partial charge in [-0.2, -0.15) is 0 Å². The van der Waals surface area contributed by atoms with Gasteiger partial charge in [0.05, 0.1) is 12.1 Å². The molecule has 10 nitrogen and oxygen atoms in total. The minimum atomic E-state index is -2.42. The third kappa shape index (κ3) is 4.70. The van der Waals surface area contributed by atoms with Crippen molar-refractivity contribution in [2.75, 3.05) is 0 Å². The Hall–Kier alpha value is -2.66. The van der Waals surface area contributed by atoms with Gasteiger partial charge in [0.25, 0.3) is 0 Å². The first-order chi connectivity index (χ1) is 11.6. The number of esters is 1. The Bertz CT molecular complexity index is 705. The summed E-state index contributed by atoms with van der Waals surface area (Å²) in [5, 5.41) is 58.9. The van der Waals surface area contributed by atoms with Crippen molar-refractivity contribution in [1.82, 2.24) is 6.15 Å². The average Bonchev–Trinajstić information content (AvgIpc) is 2.53. The van der Waals surface area contributed by atoms with Crippen LogP contribution in [-0.4, -0.2) is 61.4 Å². The van der Waals surface area contributed by atoms with E-state index < -0.39 is 48.7 Å². The molecule has 9 N–H and O–H groups in total. The van der Waals surface area contributed by atoms with E-state index >= 15 is 0 Å². The zero-order valence-corrected chi connectivity index (χ0v) is 13.9. The van der Waals surface area contributed by atoms with E-state index in [9.17, 15) is 40.2 Å². The van der Waals surface area contributed by atoms with Crippen LogP contribution in [0.4, 0.5) is 0 Å². The minimum Gasteiger partial charge on any atom is -0.547 e. The van der Waals surface area contributed by atoms with Crippen molar-refractivity contribution in [3.63, 3.8) is 0 Å². The van der Waals surface area contributed by atoms with Crippen LogP contribution in [0.15, 0.2) is 24.3 Å². The van der Waals surface area contributed by atoms with Crippen molar-refractivity contribution < 1.29 is 45.0 Å². The number of phenolic OH excluding ortho intramolecular Hbond substituents is 2. The predicted molar refractivity (Wildman–Crippen MR) is 85.9 cm³/mol. The standard InChI is InChI=1S/C16H18O9.H3N/c17-9-3-1-8(5-10(9)18)2-4-13(20)25-12-7-16(24,15(22)23)6-11(19)14(12)21;/h1-5,11-12,14,17-19,21,24H,6-7H2,(H,22,23);1H3/b4-2+;/t11-,12-,14-,16+;/m1./s1. The van der Waals surface area contributed by atoms with Crippen LogP contribution in [0.25, 0.3) is 6.08 Å². The molecule has 144 valence electrons. The van der Waals surface area contributed by atoms with E-state index in [-0.39, 0.29) is 17.6 Å². The molecule has 0 bridgehead atoms. The average molecular weight is 371 g/mol. The maximum absolute atomic E-state index is 11.8. The first-order valence-corrected chi connectivity index (χ1v) is 7.33. The molecule has 10 heteroatoms. The molecule has 1 aromatic rings. The summed E-state index contributed by atoms with van der Waals surface area (Å²) in [7, 11) is 0. The van der Waals surface area contributed by atoms with Crippen LogP contribution in [0.2, 0.25) is 0 Å². The van der Waals surface area contributed by atoms with E-state index in [2.05, 4.69) is 0 Å². The first kappa shape index (κ1) is 21.4. The summed E-state index contributed by atoms with van der Waals surface area (Å²) >= 11 is 0. The lowest BCUT2D eigenvalue weighted by Crippen LogP contribution is -2.60. The van der Waals surface area contributed by atoms with E-state index in [4.69, 9.17) is 4.74 Å². The second-order valence-corrected chi connectivity index (χ2v) is 5.84. The Morgan fingerprint density at radius 2 is 1.85 bits per heavy atom. The van der Waals surface area contributed by atoms with Crippen molar-refractivity contribution in [1.29, 1.82) is 0 Å². The SMILES string of the molecule is O=C(/C=C/c1ccc(O)c(O)c1)O[C@@H]1C[C@](O)(C(=O)[O-])C[C@@H](O)[C@H]1O.[NH4+]. The van der Waals surface area contributed by atoms with Crippen LogP contribution in [0, 0.1) is 0 Å². The number of aliphatic hydroxyl groups is 3. The van der Waals surface area contributed by atoms with Crippen LogP contribution in [-0.2, 0) is 14.3 Å². The fourth-order valence-corrected chi connectivity index (χ4v) is 2.53. The molecule has 1 fully saturated rings. The van der Waals surface area contributed by atoms with Gasteiger partial charge in [-0.15, -0.1) is 0 Å². The molecule has 0 heterocycles. The molecule has 1 aliphatic carbocycles. The summed E-state index contributed by atoms with van der Waals surface area (Å²) in [6.45, 7) is 0. The number of aromatic hydroxyl groups is 2. The third-order valence-electron chi connectivity index (χ3n) is 3.92. The van der Waals surface area contributed by atoms with Crippen LogP contribution >= 0.6 is 0 Å². The highest BCUT2D eigenvalue weighted by molar-refractivity contribution is 5.87. The van der Waals surface area contributed by atoms with E-state index in [0.717, 1.165) is 6.08 Å². The largest absolute Gasteiger partial charge is 0.547 e. The molecule has 1 saturated carbocycles. The molecule has 0 saturated heterocycles. The van der Waals surface area contributed by atoms with Gasteiger partial charge >= 0.3 is 5.97 Å². The fraction of sp³-hybridized carbons (Fsp3) is 0.375. The van der Waals surface area contributed by atoms with Gasteiger partial charge in [-0.05, 0) is 23.8 Å². The molecule has 26 heavy (non-hydrogen) atoms. The molecule has 0 spiro atoms. The number of carbonyl (C=O) groups excluding carboxylic acids is 2. The van der Waals surface area contributed by atoms with Crippen LogP contribution in [0.1, 0.15) is 18.4 Å². The lowest BCUT2D eigenvalue weighted by molar-refractivity contribution is -0.331. The number of hydrogen-bond acceptors (Lipinski definition) is 9. The molecule has 4 atom stereocenters. The second-order valence-electron chi connectivity index (χ2n) is 5.84. The van der Waals surface area contributed by atoms with Crippen LogP contribution in [0.3, 0.4) is 0 Å². The molecule has 0 unspecified atom stereocenters. The summed E-state index contributed by atoms with van der Waals surface area (Å²) in [5.41, 5.74) is -2.06. The number of benzene rings is 1. The number of carboxylic acids is 1. The number of aliphatic carboxylic acids is 1. The summed E-state index contributed by atoms with van der Waals surface area (Å²) in [5.74, 6) is -3.53. The summed E-state index contributed by atoms with van der Waals surface area (Å²) in [6.07, 6.45) is -3.70. The smallest absolute Gasteiger partial charge is 0.331 e. The lowest BCUT2D eigenvalue weighted by atomic mass is 9.79. The highest BCUT2D eigenvalue weighted by Crippen LogP contribution is 2.31. The number of rotatable bonds is 4. The summed E-state index contributed by atoms with van der Waals surface area (Å²) < 4.78 is 4.90. The minimum absolute atomic E-state index is 0. The fourth-order valence-electron chi connectivity index (χ4n) is 2.53. The van der Waals surface area contributed by atoms with Crippen molar-refractivity contribution in [2.45, 2.75) is 36.8 Å². The quantitative estimate of drug-likeness (QED) is 0.204. The Morgan fingerprint density at radius 3 is 2.42 bits per heavy atom. The number of quaternary nitrogens is 1. The van der Waals surface area contributed by atoms with Gasteiger partial charge in [0.1, 0.15) is 17.8 Å². The van der Waals surface area contributed by atoms with E-state index in [1.54, 1.807) is 0 Å². The number of hydrogen-bond donors (Lipinski definition) is 6. The number of carbonyl (C=O) groups is 2. The van der Waals surface area contributed by atoms with Crippen LogP contribution in [0.5, 0.6) is 11.5 Å². The van der Waals surface area contributed by atoms with Crippen LogP contribution < -0.4 is 11.3 Å². The van der Waals surface area contributed by atoms with E-state index in [1.807, 2.05) is 0 Å². The lowest BCUT2D eigenvalue weighted by Gasteiger charge is -2.41. The van der Waals surface area contributed by atoms with Crippen molar-refractivity contribution >= 4 is 18.0 Å². The Morgan fingerprint density at radius 1 is 1.19 bits per heavy atom. The molecular formula is C16H21NO9. The van der Waals surface area contributed by atoms with Gasteiger partial charge in [0.15, 0.2) is 11.5 Å². The zero-order chi connectivity index (χ0) is 18.8. The highest BCUT2D eigenvalue weighted by Gasteiger charge is 2.46. The molecule has 0 aliphatic heterocycles.